The first-order valence-corrected chi connectivity index (χ1v) is 9.60. The highest BCUT2D eigenvalue weighted by Gasteiger charge is 2.17. The number of benzene rings is 2. The Labute approximate surface area is 155 Å². The van der Waals surface area contributed by atoms with Crippen molar-refractivity contribution in [2.45, 2.75) is 32.7 Å². The summed E-state index contributed by atoms with van der Waals surface area (Å²) in [6, 6.07) is 14.1. The molecule has 0 N–H and O–H groups in total. The third kappa shape index (κ3) is 3.37. The Kier molecular flexibility index (Phi) is 4.75. The number of fused-ring (bicyclic) bond motifs is 2. The highest BCUT2D eigenvalue weighted by molar-refractivity contribution is 7.16. The smallest absolute Gasteiger partial charge is 0.248 e. The van der Waals surface area contributed by atoms with Gasteiger partial charge >= 0.3 is 0 Å². The van der Waals surface area contributed by atoms with Crippen LogP contribution in [0.1, 0.15) is 25.3 Å². The number of hydrogen-bond donors (Lipinski definition) is 0. The van der Waals surface area contributed by atoms with Gasteiger partial charge in [0.25, 0.3) is 0 Å². The van der Waals surface area contributed by atoms with Gasteiger partial charge < -0.3 is 14.0 Å². The zero-order valence-corrected chi connectivity index (χ0v) is 15.4. The predicted octanol–water partition coefficient (Wildman–Crippen LogP) is 3.90. The monoisotopic (exact) mass is 368 g/mol. The topological polar surface area (TPSA) is 52.8 Å². The minimum atomic E-state index is -0.0743. The normalized spacial score (nSPS) is 13.5. The number of aryl methyl sites for hydroxylation is 2. The summed E-state index contributed by atoms with van der Waals surface area (Å²) in [5, 5.41) is 0. The molecule has 0 saturated carbocycles. The van der Waals surface area contributed by atoms with Crippen LogP contribution in [-0.4, -0.2) is 17.3 Å². The Morgan fingerprint density at radius 1 is 1.19 bits per heavy atom. The van der Waals surface area contributed by atoms with Crippen LogP contribution in [0.15, 0.2) is 47.5 Å². The molecular weight excluding hydrogens is 348 g/mol. The molecule has 3 aromatic rings. The van der Waals surface area contributed by atoms with Crippen LogP contribution in [0, 0.1) is 0 Å². The number of carbonyl (C=O) groups is 1. The lowest BCUT2D eigenvalue weighted by molar-refractivity contribution is -0.118. The Morgan fingerprint density at radius 3 is 2.73 bits per heavy atom. The highest BCUT2D eigenvalue weighted by Crippen LogP contribution is 2.36. The molecule has 1 aliphatic heterocycles. The van der Waals surface area contributed by atoms with Crippen molar-refractivity contribution >= 4 is 27.5 Å². The summed E-state index contributed by atoms with van der Waals surface area (Å²) in [5.74, 6) is 1.43. The molecule has 0 radical (unpaired) electrons. The molecule has 1 aliphatic rings. The summed E-state index contributed by atoms with van der Waals surface area (Å²) < 4.78 is 14.0. The van der Waals surface area contributed by atoms with Gasteiger partial charge in [0.1, 0.15) is 0 Å². The fraction of sp³-hybridized carbons (Fsp3) is 0.300. The lowest BCUT2D eigenvalue weighted by atomic mass is 10.1. The van der Waals surface area contributed by atoms with Crippen LogP contribution in [0.2, 0.25) is 0 Å². The molecule has 2 aromatic carbocycles. The fourth-order valence-corrected chi connectivity index (χ4v) is 4.22. The molecule has 1 aromatic heterocycles. The molecule has 4 rings (SSSR count). The summed E-state index contributed by atoms with van der Waals surface area (Å²) >= 11 is 1.51. The van der Waals surface area contributed by atoms with E-state index < -0.39 is 0 Å². The first-order valence-electron chi connectivity index (χ1n) is 8.79. The van der Waals surface area contributed by atoms with Gasteiger partial charge in [-0.05, 0) is 25.3 Å². The minimum Gasteiger partial charge on any atom is -0.454 e. The van der Waals surface area contributed by atoms with E-state index in [-0.39, 0.29) is 12.7 Å². The summed E-state index contributed by atoms with van der Waals surface area (Å²) in [5.41, 5.74) is 2.28. The molecule has 0 unspecified atom stereocenters. The second-order valence-corrected chi connectivity index (χ2v) is 7.16. The van der Waals surface area contributed by atoms with Gasteiger partial charge in [0.05, 0.1) is 10.2 Å². The molecule has 0 bridgehead atoms. The quantitative estimate of drug-likeness (QED) is 0.686. The van der Waals surface area contributed by atoms with Crippen molar-refractivity contribution in [2.75, 3.05) is 6.79 Å². The molecule has 6 heteroatoms. The van der Waals surface area contributed by atoms with Crippen LogP contribution < -0.4 is 14.3 Å². The van der Waals surface area contributed by atoms with Crippen molar-refractivity contribution < 1.29 is 14.3 Å². The van der Waals surface area contributed by atoms with Gasteiger partial charge in [-0.1, -0.05) is 41.7 Å². The highest BCUT2D eigenvalue weighted by atomic mass is 32.1. The van der Waals surface area contributed by atoms with E-state index in [1.807, 2.05) is 30.3 Å². The van der Waals surface area contributed by atoms with Crippen molar-refractivity contribution in [3.63, 3.8) is 0 Å². The number of rotatable bonds is 5. The molecule has 1 amide bonds. The Hall–Kier alpha value is -2.60. The van der Waals surface area contributed by atoms with E-state index in [1.54, 1.807) is 0 Å². The van der Waals surface area contributed by atoms with E-state index in [0.717, 1.165) is 45.9 Å². The van der Waals surface area contributed by atoms with Crippen molar-refractivity contribution in [3.05, 3.63) is 52.8 Å². The number of hydrogen-bond acceptors (Lipinski definition) is 4. The number of amides is 1. The van der Waals surface area contributed by atoms with Crippen molar-refractivity contribution in [1.82, 2.24) is 4.57 Å². The lowest BCUT2D eigenvalue weighted by Gasteiger charge is -2.02. The molecule has 26 heavy (non-hydrogen) atoms. The molecule has 0 atom stereocenters. The van der Waals surface area contributed by atoms with Gasteiger partial charge in [0.15, 0.2) is 16.3 Å². The van der Waals surface area contributed by atoms with Gasteiger partial charge in [-0.3, -0.25) is 4.79 Å². The van der Waals surface area contributed by atoms with E-state index in [2.05, 4.69) is 28.6 Å². The van der Waals surface area contributed by atoms with Crippen molar-refractivity contribution in [1.29, 1.82) is 0 Å². The van der Waals surface area contributed by atoms with Crippen molar-refractivity contribution in [2.24, 2.45) is 4.99 Å². The van der Waals surface area contributed by atoms with E-state index >= 15 is 0 Å². The van der Waals surface area contributed by atoms with Gasteiger partial charge in [0, 0.05) is 25.1 Å². The number of nitrogens with zero attached hydrogens (tertiary/aromatic N) is 2. The third-order valence-corrected chi connectivity index (χ3v) is 5.45. The Balaban J connectivity index is 1.54. The third-order valence-electron chi connectivity index (χ3n) is 4.41. The van der Waals surface area contributed by atoms with E-state index in [0.29, 0.717) is 6.42 Å². The second-order valence-electron chi connectivity index (χ2n) is 6.15. The van der Waals surface area contributed by atoms with Gasteiger partial charge in [-0.15, -0.1) is 0 Å². The van der Waals surface area contributed by atoms with Gasteiger partial charge in [-0.2, -0.15) is 4.99 Å². The SMILES string of the molecule is CCn1c(=NC(=O)CCCc2ccccc2)sc2cc3c(cc21)OCO3. The Bertz CT molecular complexity index is 1010. The largest absolute Gasteiger partial charge is 0.454 e. The molecule has 2 heterocycles. The van der Waals surface area contributed by atoms with Gasteiger partial charge in [-0.25, -0.2) is 0 Å². The Morgan fingerprint density at radius 2 is 1.96 bits per heavy atom. The molecule has 5 nitrogen and oxygen atoms in total. The number of ether oxygens (including phenoxy) is 2. The molecule has 134 valence electrons. The van der Waals surface area contributed by atoms with Crippen LogP contribution in [-0.2, 0) is 17.8 Å². The standard InChI is InChI=1S/C20H20N2O3S/c1-2-22-15-11-16-17(25-13-24-16)12-18(15)26-20(22)21-19(23)10-6-9-14-7-4-3-5-8-14/h3-5,7-8,11-12H,2,6,9-10,13H2,1H3. The van der Waals surface area contributed by atoms with E-state index in [9.17, 15) is 4.79 Å². The average molecular weight is 368 g/mol. The molecule has 0 aliphatic carbocycles. The maximum Gasteiger partial charge on any atom is 0.248 e. The maximum absolute atomic E-state index is 12.3. The number of carbonyl (C=O) groups excluding carboxylic acids is 1. The van der Waals surface area contributed by atoms with Crippen LogP contribution in [0.4, 0.5) is 0 Å². The summed E-state index contributed by atoms with van der Waals surface area (Å²) in [6.45, 7) is 3.06. The van der Waals surface area contributed by atoms with Crippen LogP contribution >= 0.6 is 11.3 Å². The lowest BCUT2D eigenvalue weighted by Crippen LogP contribution is -2.15. The van der Waals surface area contributed by atoms with Crippen molar-refractivity contribution in [3.8, 4) is 11.5 Å². The molecule has 0 fully saturated rings. The zero-order valence-electron chi connectivity index (χ0n) is 14.6. The first kappa shape index (κ1) is 16.8. The maximum atomic E-state index is 12.3. The van der Waals surface area contributed by atoms with Crippen LogP contribution in [0.25, 0.3) is 10.2 Å². The average Bonchev–Trinajstić information content (AvgIpc) is 3.23. The summed E-state index contributed by atoms with van der Waals surface area (Å²) in [4.78, 5) is 17.4. The van der Waals surface area contributed by atoms with E-state index in [1.165, 1.54) is 16.9 Å². The summed E-state index contributed by atoms with van der Waals surface area (Å²) in [6.07, 6.45) is 2.15. The number of aromatic nitrogens is 1. The predicted molar refractivity (Wildman–Crippen MR) is 102 cm³/mol. The van der Waals surface area contributed by atoms with Crippen LogP contribution in [0.3, 0.4) is 0 Å². The summed E-state index contributed by atoms with van der Waals surface area (Å²) in [7, 11) is 0. The molecule has 0 spiro atoms. The van der Waals surface area contributed by atoms with Crippen LogP contribution in [0.5, 0.6) is 11.5 Å². The van der Waals surface area contributed by atoms with Gasteiger partial charge in [0.2, 0.25) is 12.7 Å². The first-order chi connectivity index (χ1) is 12.7. The number of thiazole rings is 1. The van der Waals surface area contributed by atoms with E-state index in [4.69, 9.17) is 9.47 Å². The molecule has 0 saturated heterocycles. The minimum absolute atomic E-state index is 0.0743. The molecular formula is C20H20N2O3S. The second kappa shape index (κ2) is 7.33. The fourth-order valence-electron chi connectivity index (χ4n) is 3.10. The zero-order chi connectivity index (χ0) is 17.9.